The summed E-state index contributed by atoms with van der Waals surface area (Å²) in [6.45, 7) is 1.78. The van der Waals surface area contributed by atoms with E-state index < -0.39 is 0 Å². The Bertz CT molecular complexity index is 618. The minimum absolute atomic E-state index is 0.112. The van der Waals surface area contributed by atoms with E-state index in [4.69, 9.17) is 11.6 Å². The lowest BCUT2D eigenvalue weighted by Gasteiger charge is -2.07. The zero-order valence-corrected chi connectivity index (χ0v) is 11.1. The van der Waals surface area contributed by atoms with Crippen molar-refractivity contribution < 1.29 is 15.0 Å². The number of aromatic hydroxyl groups is 2. The molecule has 0 amide bonds. The molecule has 0 fully saturated rings. The van der Waals surface area contributed by atoms with Gasteiger partial charge < -0.3 is 10.2 Å². The second kappa shape index (κ2) is 5.33. The highest BCUT2D eigenvalue weighted by molar-refractivity contribution is 6.31. The smallest absolute Gasteiger partial charge is 0.170 e. The molecule has 19 heavy (non-hydrogen) atoms. The van der Waals surface area contributed by atoms with E-state index >= 15 is 0 Å². The lowest BCUT2D eigenvalue weighted by Crippen LogP contribution is -2.04. The number of Topliss-reactive ketones (excluding diaryl/α,β-unsaturated/α-hetero) is 1. The van der Waals surface area contributed by atoms with E-state index in [-0.39, 0.29) is 29.3 Å². The molecule has 0 unspecified atom stereocenters. The summed E-state index contributed by atoms with van der Waals surface area (Å²) in [6.07, 6.45) is 0.162. The maximum Gasteiger partial charge on any atom is 0.170 e. The molecule has 2 aromatic carbocycles. The van der Waals surface area contributed by atoms with Gasteiger partial charge in [0.1, 0.15) is 11.5 Å². The molecule has 0 saturated carbocycles. The third kappa shape index (κ3) is 3.06. The van der Waals surface area contributed by atoms with Gasteiger partial charge in [0.25, 0.3) is 0 Å². The Morgan fingerprint density at radius 2 is 1.79 bits per heavy atom. The van der Waals surface area contributed by atoms with Gasteiger partial charge in [-0.05, 0) is 42.3 Å². The van der Waals surface area contributed by atoms with Crippen LogP contribution in [0, 0.1) is 6.92 Å². The van der Waals surface area contributed by atoms with Gasteiger partial charge >= 0.3 is 0 Å². The Hall–Kier alpha value is -2.00. The van der Waals surface area contributed by atoms with Crippen molar-refractivity contribution in [1.29, 1.82) is 0 Å². The number of halogens is 1. The number of hydrogen-bond donors (Lipinski definition) is 2. The average molecular weight is 277 g/mol. The van der Waals surface area contributed by atoms with Crippen LogP contribution in [-0.4, -0.2) is 16.0 Å². The topological polar surface area (TPSA) is 57.5 Å². The minimum atomic E-state index is -0.192. The maximum atomic E-state index is 12.1. The largest absolute Gasteiger partial charge is 0.508 e. The van der Waals surface area contributed by atoms with Gasteiger partial charge in [-0.1, -0.05) is 23.7 Å². The number of ketones is 1. The van der Waals surface area contributed by atoms with Crippen LogP contribution in [0.3, 0.4) is 0 Å². The second-order valence-corrected chi connectivity index (χ2v) is 4.79. The van der Waals surface area contributed by atoms with Crippen molar-refractivity contribution in [2.75, 3.05) is 0 Å². The second-order valence-electron chi connectivity index (χ2n) is 4.38. The molecule has 0 aliphatic rings. The first kappa shape index (κ1) is 13.4. The molecule has 0 aliphatic heterocycles. The lowest BCUT2D eigenvalue weighted by molar-refractivity contribution is 0.0990. The highest BCUT2D eigenvalue weighted by atomic mass is 35.5. The molecule has 2 rings (SSSR count). The first-order valence-corrected chi connectivity index (χ1v) is 6.15. The first-order chi connectivity index (χ1) is 8.97. The summed E-state index contributed by atoms with van der Waals surface area (Å²) in [4.78, 5) is 12.1. The molecular weight excluding hydrogens is 264 g/mol. The molecule has 2 aromatic rings. The number of carbonyl (C=O) groups is 1. The summed E-state index contributed by atoms with van der Waals surface area (Å²) < 4.78 is 0. The van der Waals surface area contributed by atoms with Gasteiger partial charge in [-0.3, -0.25) is 4.79 Å². The van der Waals surface area contributed by atoms with Gasteiger partial charge in [0, 0.05) is 11.4 Å². The molecule has 98 valence electrons. The van der Waals surface area contributed by atoms with E-state index in [2.05, 4.69) is 0 Å². The van der Waals surface area contributed by atoms with Crippen LogP contribution in [-0.2, 0) is 6.42 Å². The molecular formula is C15H13ClO3. The Morgan fingerprint density at radius 3 is 2.42 bits per heavy atom. The van der Waals surface area contributed by atoms with Crippen LogP contribution in [0.5, 0.6) is 11.5 Å². The van der Waals surface area contributed by atoms with E-state index in [0.29, 0.717) is 5.02 Å². The number of carbonyl (C=O) groups excluding carboxylic acids is 1. The molecule has 0 saturated heterocycles. The Kier molecular flexibility index (Phi) is 3.76. The van der Waals surface area contributed by atoms with Gasteiger partial charge in [-0.25, -0.2) is 0 Å². The van der Waals surface area contributed by atoms with Crippen LogP contribution >= 0.6 is 11.6 Å². The van der Waals surface area contributed by atoms with Crippen LogP contribution in [0.2, 0.25) is 5.02 Å². The van der Waals surface area contributed by atoms with Gasteiger partial charge in [-0.15, -0.1) is 0 Å². The third-order valence-electron chi connectivity index (χ3n) is 2.88. The first-order valence-electron chi connectivity index (χ1n) is 5.77. The Labute approximate surface area is 116 Å². The van der Waals surface area contributed by atoms with Crippen molar-refractivity contribution in [3.05, 3.63) is 58.1 Å². The summed E-state index contributed by atoms with van der Waals surface area (Å²) >= 11 is 5.87. The summed E-state index contributed by atoms with van der Waals surface area (Å²) in [5.41, 5.74) is 1.78. The summed E-state index contributed by atoms with van der Waals surface area (Å²) in [5.74, 6) is -0.149. The lowest BCUT2D eigenvalue weighted by atomic mass is 10.0. The van der Waals surface area contributed by atoms with Gasteiger partial charge in [-0.2, -0.15) is 0 Å². The highest BCUT2D eigenvalue weighted by Gasteiger charge is 2.14. The number of benzene rings is 2. The number of phenolic OH excluding ortho intramolecular Hbond substituents is 2. The van der Waals surface area contributed by atoms with Crippen molar-refractivity contribution in [3.63, 3.8) is 0 Å². The van der Waals surface area contributed by atoms with Crippen molar-refractivity contribution in [1.82, 2.24) is 0 Å². The van der Waals surface area contributed by atoms with Crippen molar-refractivity contribution in [2.45, 2.75) is 13.3 Å². The third-order valence-corrected chi connectivity index (χ3v) is 3.29. The van der Waals surface area contributed by atoms with Crippen LogP contribution in [0.4, 0.5) is 0 Å². The van der Waals surface area contributed by atoms with Crippen molar-refractivity contribution >= 4 is 17.4 Å². The quantitative estimate of drug-likeness (QED) is 0.844. The molecule has 0 aromatic heterocycles. The monoisotopic (exact) mass is 276 g/mol. The average Bonchev–Trinajstić information content (AvgIpc) is 2.36. The van der Waals surface area contributed by atoms with E-state index in [0.717, 1.165) is 11.1 Å². The molecule has 0 heterocycles. The Balaban J connectivity index is 2.25. The molecule has 4 heteroatoms. The van der Waals surface area contributed by atoms with Gasteiger partial charge in [0.05, 0.1) is 5.56 Å². The van der Waals surface area contributed by atoms with Crippen LogP contribution in [0.15, 0.2) is 36.4 Å². The number of aryl methyl sites for hydroxylation is 1. The fourth-order valence-electron chi connectivity index (χ4n) is 1.79. The standard InChI is InChI=1S/C15H13ClO3/c1-9-6-12(15(19)8-13(9)16)14(18)7-10-2-4-11(17)5-3-10/h2-6,8,17,19H,7H2,1H3. The predicted molar refractivity (Wildman–Crippen MR) is 74.0 cm³/mol. The van der Waals surface area contributed by atoms with E-state index in [1.165, 1.54) is 18.2 Å². The normalized spacial score (nSPS) is 10.4. The fourth-order valence-corrected chi connectivity index (χ4v) is 1.95. The van der Waals surface area contributed by atoms with E-state index in [1.807, 2.05) is 0 Å². The summed E-state index contributed by atoms with van der Waals surface area (Å²) in [6, 6.07) is 9.35. The number of hydrogen-bond acceptors (Lipinski definition) is 3. The molecule has 2 N–H and O–H groups in total. The molecule has 0 aliphatic carbocycles. The predicted octanol–water partition coefficient (Wildman–Crippen LogP) is 3.49. The number of rotatable bonds is 3. The van der Waals surface area contributed by atoms with Crippen LogP contribution in [0.25, 0.3) is 0 Å². The Morgan fingerprint density at radius 1 is 1.16 bits per heavy atom. The zero-order chi connectivity index (χ0) is 14.0. The molecule has 3 nitrogen and oxygen atoms in total. The zero-order valence-electron chi connectivity index (χ0n) is 10.4. The van der Waals surface area contributed by atoms with E-state index in [1.54, 1.807) is 25.1 Å². The summed E-state index contributed by atoms with van der Waals surface area (Å²) in [5, 5.41) is 19.4. The van der Waals surface area contributed by atoms with E-state index in [9.17, 15) is 15.0 Å². The maximum absolute atomic E-state index is 12.1. The van der Waals surface area contributed by atoms with Gasteiger partial charge in [0.15, 0.2) is 5.78 Å². The molecule has 0 radical (unpaired) electrons. The van der Waals surface area contributed by atoms with Crippen LogP contribution < -0.4 is 0 Å². The van der Waals surface area contributed by atoms with Crippen molar-refractivity contribution in [3.8, 4) is 11.5 Å². The van der Waals surface area contributed by atoms with Crippen molar-refractivity contribution in [2.24, 2.45) is 0 Å². The fraction of sp³-hybridized carbons (Fsp3) is 0.133. The SMILES string of the molecule is Cc1cc(C(=O)Cc2ccc(O)cc2)c(O)cc1Cl. The minimum Gasteiger partial charge on any atom is -0.508 e. The number of phenols is 2. The molecule has 0 spiro atoms. The molecule has 0 atom stereocenters. The highest BCUT2D eigenvalue weighted by Crippen LogP contribution is 2.27. The van der Waals surface area contributed by atoms with Gasteiger partial charge in [0.2, 0.25) is 0 Å². The summed E-state index contributed by atoms with van der Waals surface area (Å²) in [7, 11) is 0. The molecule has 0 bridgehead atoms. The van der Waals surface area contributed by atoms with Crippen LogP contribution in [0.1, 0.15) is 21.5 Å².